The van der Waals surface area contributed by atoms with Gasteiger partial charge in [0.15, 0.2) is 0 Å². The topological polar surface area (TPSA) is 21.3 Å². The van der Waals surface area contributed by atoms with Crippen LogP contribution in [0.2, 0.25) is 0 Å². The normalized spacial score (nSPS) is 14.6. The third-order valence-corrected chi connectivity index (χ3v) is 3.10. The first-order chi connectivity index (χ1) is 8.54. The Labute approximate surface area is 112 Å². The number of para-hydroxylation sites is 1. The second kappa shape index (κ2) is 7.42. The molecule has 2 heteroatoms. The van der Waals surface area contributed by atoms with E-state index in [4.69, 9.17) is 4.74 Å². The molecule has 0 aliphatic carbocycles. The van der Waals surface area contributed by atoms with Crippen LogP contribution in [0, 0.1) is 5.92 Å². The molecule has 0 bridgehead atoms. The average Bonchev–Trinajstić information content (AvgIpc) is 2.36. The van der Waals surface area contributed by atoms with Gasteiger partial charge in [0.05, 0.1) is 6.61 Å². The monoisotopic (exact) mass is 249 g/mol. The lowest BCUT2D eigenvalue weighted by Crippen LogP contribution is -2.28. The van der Waals surface area contributed by atoms with E-state index in [1.807, 2.05) is 6.07 Å². The summed E-state index contributed by atoms with van der Waals surface area (Å²) in [6.45, 7) is 11.7. The first kappa shape index (κ1) is 15.0. The fourth-order valence-electron chi connectivity index (χ4n) is 1.86. The first-order valence-electron chi connectivity index (χ1n) is 7.02. The van der Waals surface area contributed by atoms with Gasteiger partial charge in [-0.05, 0) is 32.3 Å². The highest BCUT2D eigenvalue weighted by atomic mass is 16.5. The zero-order chi connectivity index (χ0) is 13.5. The van der Waals surface area contributed by atoms with E-state index in [0.29, 0.717) is 18.0 Å². The largest absolute Gasteiger partial charge is 0.493 e. The number of benzene rings is 1. The van der Waals surface area contributed by atoms with E-state index < -0.39 is 0 Å². The van der Waals surface area contributed by atoms with Crippen LogP contribution in [-0.2, 0) is 0 Å². The molecule has 0 aliphatic heterocycles. The predicted molar refractivity (Wildman–Crippen MR) is 78.1 cm³/mol. The van der Waals surface area contributed by atoms with E-state index in [-0.39, 0.29) is 0 Å². The van der Waals surface area contributed by atoms with Crippen LogP contribution in [0.5, 0.6) is 5.75 Å². The minimum atomic E-state index is 0.323. The Kier molecular flexibility index (Phi) is 6.20. The average molecular weight is 249 g/mol. The van der Waals surface area contributed by atoms with Gasteiger partial charge in [-0.3, -0.25) is 0 Å². The van der Waals surface area contributed by atoms with Crippen molar-refractivity contribution in [1.82, 2.24) is 5.32 Å². The third kappa shape index (κ3) is 4.69. The molecule has 1 aromatic carbocycles. The van der Waals surface area contributed by atoms with Gasteiger partial charge in [-0.2, -0.15) is 0 Å². The Balaban J connectivity index is 2.74. The molecule has 1 N–H and O–H groups in total. The Morgan fingerprint density at radius 2 is 1.78 bits per heavy atom. The van der Waals surface area contributed by atoms with Crippen molar-refractivity contribution in [3.63, 3.8) is 0 Å². The van der Waals surface area contributed by atoms with Crippen molar-refractivity contribution in [2.75, 3.05) is 6.61 Å². The highest BCUT2D eigenvalue weighted by molar-refractivity contribution is 5.35. The smallest absolute Gasteiger partial charge is 0.124 e. The van der Waals surface area contributed by atoms with E-state index in [1.165, 1.54) is 5.56 Å². The van der Waals surface area contributed by atoms with Gasteiger partial charge >= 0.3 is 0 Å². The van der Waals surface area contributed by atoms with Crippen molar-refractivity contribution < 1.29 is 4.74 Å². The Hall–Kier alpha value is -1.02. The van der Waals surface area contributed by atoms with Crippen LogP contribution in [0.25, 0.3) is 0 Å². The summed E-state index contributed by atoms with van der Waals surface area (Å²) in [5, 5.41) is 3.59. The molecule has 0 unspecified atom stereocenters. The van der Waals surface area contributed by atoms with Gasteiger partial charge in [-0.25, -0.2) is 0 Å². The molecule has 0 aliphatic rings. The molecule has 0 heterocycles. The third-order valence-electron chi connectivity index (χ3n) is 3.10. The summed E-state index contributed by atoms with van der Waals surface area (Å²) in [7, 11) is 0. The lowest BCUT2D eigenvalue weighted by Gasteiger charge is -2.22. The molecule has 0 fully saturated rings. The van der Waals surface area contributed by atoms with Gasteiger partial charge in [-0.1, -0.05) is 39.0 Å². The van der Waals surface area contributed by atoms with Gasteiger partial charge in [0.1, 0.15) is 5.75 Å². The molecule has 0 saturated carbocycles. The molecular formula is C16H27NO. The summed E-state index contributed by atoms with van der Waals surface area (Å²) in [5.41, 5.74) is 1.25. The standard InChI is InChI=1S/C16H27NO/c1-6-13(4)17-14(5)15-9-7-8-10-16(15)18-11-12(2)3/h7-10,12-14,17H,6,11H2,1-5H3/t13-,14+/m1/s1. The number of ether oxygens (including phenoxy) is 1. The number of hydrogen-bond donors (Lipinski definition) is 1. The summed E-state index contributed by atoms with van der Waals surface area (Å²) in [6, 6.07) is 9.17. The summed E-state index contributed by atoms with van der Waals surface area (Å²) >= 11 is 0. The van der Waals surface area contributed by atoms with E-state index in [2.05, 4.69) is 58.1 Å². The molecule has 0 spiro atoms. The van der Waals surface area contributed by atoms with E-state index in [1.54, 1.807) is 0 Å². The first-order valence-corrected chi connectivity index (χ1v) is 7.02. The molecule has 0 radical (unpaired) electrons. The second-order valence-electron chi connectivity index (χ2n) is 5.44. The minimum absolute atomic E-state index is 0.323. The van der Waals surface area contributed by atoms with Crippen molar-refractivity contribution in [2.45, 2.75) is 53.1 Å². The Morgan fingerprint density at radius 1 is 1.11 bits per heavy atom. The number of rotatable bonds is 7. The van der Waals surface area contributed by atoms with Crippen LogP contribution in [-0.4, -0.2) is 12.6 Å². The quantitative estimate of drug-likeness (QED) is 0.783. The lowest BCUT2D eigenvalue weighted by molar-refractivity contribution is 0.265. The molecule has 102 valence electrons. The molecule has 0 amide bonds. The van der Waals surface area contributed by atoms with Crippen molar-refractivity contribution in [2.24, 2.45) is 5.92 Å². The summed E-state index contributed by atoms with van der Waals surface area (Å²) in [4.78, 5) is 0. The highest BCUT2D eigenvalue weighted by Crippen LogP contribution is 2.25. The van der Waals surface area contributed by atoms with Crippen LogP contribution < -0.4 is 10.1 Å². The lowest BCUT2D eigenvalue weighted by atomic mass is 10.1. The Morgan fingerprint density at radius 3 is 2.39 bits per heavy atom. The maximum atomic E-state index is 5.89. The fourth-order valence-corrected chi connectivity index (χ4v) is 1.86. The minimum Gasteiger partial charge on any atom is -0.493 e. The van der Waals surface area contributed by atoms with Crippen LogP contribution in [0.1, 0.15) is 52.6 Å². The summed E-state index contributed by atoms with van der Waals surface area (Å²) < 4.78 is 5.89. The highest BCUT2D eigenvalue weighted by Gasteiger charge is 2.13. The van der Waals surface area contributed by atoms with E-state index in [0.717, 1.165) is 18.8 Å². The van der Waals surface area contributed by atoms with Gasteiger partial charge in [0.2, 0.25) is 0 Å². The van der Waals surface area contributed by atoms with Crippen LogP contribution >= 0.6 is 0 Å². The maximum absolute atomic E-state index is 5.89. The molecule has 0 aromatic heterocycles. The number of nitrogens with one attached hydrogen (secondary N) is 1. The summed E-state index contributed by atoms with van der Waals surface area (Å²) in [5.74, 6) is 1.56. The van der Waals surface area contributed by atoms with Crippen LogP contribution in [0.3, 0.4) is 0 Å². The zero-order valence-corrected chi connectivity index (χ0v) is 12.4. The SMILES string of the molecule is CC[C@@H](C)N[C@@H](C)c1ccccc1OCC(C)C. The van der Waals surface area contributed by atoms with Crippen molar-refractivity contribution in [3.8, 4) is 5.75 Å². The molecule has 1 aromatic rings. The molecule has 18 heavy (non-hydrogen) atoms. The molecular weight excluding hydrogens is 222 g/mol. The molecule has 2 atom stereocenters. The summed E-state index contributed by atoms with van der Waals surface area (Å²) in [6.07, 6.45) is 1.14. The van der Waals surface area contributed by atoms with Crippen molar-refractivity contribution >= 4 is 0 Å². The predicted octanol–water partition coefficient (Wildman–Crippen LogP) is 4.17. The van der Waals surface area contributed by atoms with E-state index >= 15 is 0 Å². The van der Waals surface area contributed by atoms with E-state index in [9.17, 15) is 0 Å². The van der Waals surface area contributed by atoms with Crippen molar-refractivity contribution in [1.29, 1.82) is 0 Å². The maximum Gasteiger partial charge on any atom is 0.124 e. The van der Waals surface area contributed by atoms with Gasteiger partial charge in [-0.15, -0.1) is 0 Å². The Bertz CT molecular complexity index is 349. The van der Waals surface area contributed by atoms with Gasteiger partial charge in [0, 0.05) is 17.6 Å². The zero-order valence-electron chi connectivity index (χ0n) is 12.4. The molecule has 1 rings (SSSR count). The second-order valence-corrected chi connectivity index (χ2v) is 5.44. The van der Waals surface area contributed by atoms with Crippen LogP contribution in [0.15, 0.2) is 24.3 Å². The van der Waals surface area contributed by atoms with Crippen molar-refractivity contribution in [3.05, 3.63) is 29.8 Å². The number of hydrogen-bond acceptors (Lipinski definition) is 2. The molecule has 0 saturated heterocycles. The van der Waals surface area contributed by atoms with Gasteiger partial charge in [0.25, 0.3) is 0 Å². The van der Waals surface area contributed by atoms with Gasteiger partial charge < -0.3 is 10.1 Å². The van der Waals surface area contributed by atoms with Crippen LogP contribution in [0.4, 0.5) is 0 Å². The fraction of sp³-hybridized carbons (Fsp3) is 0.625. The molecule has 2 nitrogen and oxygen atoms in total.